The molecule has 1 aromatic carbocycles. The molecule has 6 nitrogen and oxygen atoms in total. The third-order valence-corrected chi connectivity index (χ3v) is 4.36. The fourth-order valence-electron chi connectivity index (χ4n) is 2.12. The Hall–Kier alpha value is -1.86. The molecule has 1 unspecified atom stereocenters. The molecule has 0 saturated heterocycles. The van der Waals surface area contributed by atoms with E-state index >= 15 is 0 Å². The largest absolute Gasteiger partial charge is 0.363 e. The first-order valence-corrected chi connectivity index (χ1v) is 8.39. The average Bonchev–Trinajstić information content (AvgIpc) is 2.80. The molecular formula is C15H20N2O4S. The summed E-state index contributed by atoms with van der Waals surface area (Å²) in [6.45, 7) is 6.91. The zero-order chi connectivity index (χ0) is 16.5. The predicted octanol–water partition coefficient (Wildman–Crippen LogP) is 2.18. The number of sulfonamides is 1. The molecule has 120 valence electrons. The van der Waals surface area contributed by atoms with E-state index in [0.29, 0.717) is 10.9 Å². The van der Waals surface area contributed by atoms with Crippen molar-refractivity contribution in [3.8, 4) is 0 Å². The molecule has 1 amide bonds. The molecule has 0 aliphatic carbocycles. The highest BCUT2D eigenvalue weighted by atomic mass is 32.2. The number of carbonyl (C=O) groups is 1. The van der Waals surface area contributed by atoms with E-state index < -0.39 is 27.6 Å². The molecule has 0 spiro atoms. The lowest BCUT2D eigenvalue weighted by Crippen LogP contribution is -2.41. The zero-order valence-electron chi connectivity index (χ0n) is 13.0. The van der Waals surface area contributed by atoms with Gasteiger partial charge in [-0.25, -0.2) is 13.1 Å². The second kappa shape index (κ2) is 5.73. The normalized spacial score (nSPS) is 14.0. The van der Waals surface area contributed by atoms with Gasteiger partial charge in [0.25, 0.3) is 15.9 Å². The number of rotatable bonds is 4. The van der Waals surface area contributed by atoms with Crippen molar-refractivity contribution in [1.82, 2.24) is 9.71 Å². The lowest BCUT2D eigenvalue weighted by atomic mass is 10.2. The number of benzene rings is 1. The van der Waals surface area contributed by atoms with Gasteiger partial charge in [-0.3, -0.25) is 4.79 Å². The quantitative estimate of drug-likeness (QED) is 0.902. The lowest BCUT2D eigenvalue weighted by molar-refractivity contribution is -0.138. The summed E-state index contributed by atoms with van der Waals surface area (Å²) in [5.74, 6) is -0.694. The number of para-hydroxylation sites is 1. The average molecular weight is 324 g/mol. The van der Waals surface area contributed by atoms with Crippen molar-refractivity contribution in [2.24, 2.45) is 0 Å². The van der Waals surface area contributed by atoms with Gasteiger partial charge >= 0.3 is 0 Å². The summed E-state index contributed by atoms with van der Waals surface area (Å²) in [5, 5.41) is 0.534. The Morgan fingerprint density at radius 1 is 1.27 bits per heavy atom. The summed E-state index contributed by atoms with van der Waals surface area (Å²) in [6, 6.07) is 6.98. The molecule has 0 radical (unpaired) electrons. The summed E-state index contributed by atoms with van der Waals surface area (Å²) in [6.07, 6.45) is 0.496. The maximum atomic E-state index is 12.4. The molecule has 1 heterocycles. The predicted molar refractivity (Wildman–Crippen MR) is 83.9 cm³/mol. The summed E-state index contributed by atoms with van der Waals surface area (Å²) in [5.41, 5.74) is 0.149. The van der Waals surface area contributed by atoms with E-state index in [1.807, 2.05) is 0 Å². The van der Waals surface area contributed by atoms with Gasteiger partial charge in [0.05, 0.1) is 5.60 Å². The van der Waals surface area contributed by atoms with Crippen LogP contribution < -0.4 is 4.72 Å². The van der Waals surface area contributed by atoms with Gasteiger partial charge in [0.2, 0.25) is 0 Å². The highest BCUT2D eigenvalue weighted by Gasteiger charge is 2.27. The maximum absolute atomic E-state index is 12.4. The van der Waals surface area contributed by atoms with E-state index in [9.17, 15) is 13.2 Å². The van der Waals surface area contributed by atoms with Crippen LogP contribution in [0.2, 0.25) is 0 Å². The number of fused-ring (bicyclic) bond motifs is 1. The fraction of sp³-hybridized carbons (Fsp3) is 0.400. The Morgan fingerprint density at radius 2 is 1.91 bits per heavy atom. The summed E-state index contributed by atoms with van der Waals surface area (Å²) in [4.78, 5) is 15.0. The van der Waals surface area contributed by atoms with E-state index in [4.69, 9.17) is 4.74 Å². The molecule has 22 heavy (non-hydrogen) atoms. The molecule has 0 saturated carbocycles. The Bertz CT molecular complexity index is 787. The first-order valence-electron chi connectivity index (χ1n) is 6.91. The van der Waals surface area contributed by atoms with Crippen LogP contribution in [-0.2, 0) is 19.6 Å². The third-order valence-electron chi connectivity index (χ3n) is 2.98. The third kappa shape index (κ3) is 3.66. The first kappa shape index (κ1) is 16.5. The highest BCUT2D eigenvalue weighted by molar-refractivity contribution is 7.90. The van der Waals surface area contributed by atoms with Gasteiger partial charge in [0.1, 0.15) is 11.0 Å². The van der Waals surface area contributed by atoms with Gasteiger partial charge in [-0.2, -0.15) is 0 Å². The van der Waals surface area contributed by atoms with E-state index in [-0.39, 0.29) is 4.90 Å². The number of aromatic nitrogens is 1. The standard InChI is InChI=1S/C15H20N2O4S/c1-10(21-15(2,3)4)14(18)17-22(19,20)13-9-16-12-8-6-5-7-11(12)13/h5-10,16H,1-4H3,(H,17,18). The van der Waals surface area contributed by atoms with Crippen LogP contribution in [0.3, 0.4) is 0 Å². The number of amides is 1. The SMILES string of the molecule is CC(OC(C)(C)C)C(=O)NS(=O)(=O)c1c[nH]c2ccccc12. The topological polar surface area (TPSA) is 88.3 Å². The number of ether oxygens (including phenoxy) is 1. The van der Waals surface area contributed by atoms with Crippen LogP contribution in [0.4, 0.5) is 0 Å². The number of hydrogen-bond donors (Lipinski definition) is 2. The first-order chi connectivity index (χ1) is 10.1. The van der Waals surface area contributed by atoms with E-state index in [2.05, 4.69) is 9.71 Å². The monoisotopic (exact) mass is 324 g/mol. The molecule has 1 aromatic heterocycles. The van der Waals surface area contributed by atoms with Crippen molar-refractivity contribution in [3.05, 3.63) is 30.5 Å². The molecule has 7 heteroatoms. The van der Waals surface area contributed by atoms with Crippen LogP contribution >= 0.6 is 0 Å². The second-order valence-electron chi connectivity index (χ2n) is 6.04. The zero-order valence-corrected chi connectivity index (χ0v) is 13.8. The van der Waals surface area contributed by atoms with Gasteiger partial charge in [0.15, 0.2) is 0 Å². The molecule has 0 bridgehead atoms. The number of aromatic amines is 1. The number of hydrogen-bond acceptors (Lipinski definition) is 4. The van der Waals surface area contributed by atoms with E-state index in [1.54, 1.807) is 45.0 Å². The van der Waals surface area contributed by atoms with Gasteiger partial charge in [0, 0.05) is 17.1 Å². The van der Waals surface area contributed by atoms with Gasteiger partial charge < -0.3 is 9.72 Å². The molecule has 0 aliphatic heterocycles. The Labute approximate surface area is 129 Å². The van der Waals surface area contributed by atoms with Crippen LogP contribution in [-0.4, -0.2) is 31.0 Å². The van der Waals surface area contributed by atoms with Crippen molar-refractivity contribution >= 4 is 26.8 Å². The molecule has 2 rings (SSSR count). The van der Waals surface area contributed by atoms with Crippen LogP contribution in [0.5, 0.6) is 0 Å². The molecule has 1 atom stereocenters. The van der Waals surface area contributed by atoms with Crippen LogP contribution in [0.1, 0.15) is 27.7 Å². The van der Waals surface area contributed by atoms with Crippen molar-refractivity contribution in [2.45, 2.75) is 44.3 Å². The van der Waals surface area contributed by atoms with Gasteiger partial charge in [-0.15, -0.1) is 0 Å². The highest BCUT2D eigenvalue weighted by Crippen LogP contribution is 2.22. The number of nitrogens with one attached hydrogen (secondary N) is 2. The minimum atomic E-state index is -3.95. The van der Waals surface area contributed by atoms with E-state index in [0.717, 1.165) is 0 Å². The lowest BCUT2D eigenvalue weighted by Gasteiger charge is -2.24. The smallest absolute Gasteiger partial charge is 0.266 e. The van der Waals surface area contributed by atoms with Crippen LogP contribution in [0.15, 0.2) is 35.4 Å². The molecule has 2 aromatic rings. The minimum Gasteiger partial charge on any atom is -0.363 e. The Kier molecular flexibility index (Phi) is 4.30. The Balaban J connectivity index is 2.23. The number of carbonyl (C=O) groups excluding carboxylic acids is 1. The van der Waals surface area contributed by atoms with E-state index in [1.165, 1.54) is 13.1 Å². The summed E-state index contributed by atoms with van der Waals surface area (Å²) in [7, 11) is -3.95. The van der Waals surface area contributed by atoms with Crippen molar-refractivity contribution < 1.29 is 17.9 Å². The van der Waals surface area contributed by atoms with Crippen molar-refractivity contribution in [3.63, 3.8) is 0 Å². The van der Waals surface area contributed by atoms with Crippen LogP contribution in [0, 0.1) is 0 Å². The number of H-pyrrole nitrogens is 1. The van der Waals surface area contributed by atoms with Crippen molar-refractivity contribution in [2.75, 3.05) is 0 Å². The maximum Gasteiger partial charge on any atom is 0.266 e. The van der Waals surface area contributed by atoms with Gasteiger partial charge in [-0.1, -0.05) is 18.2 Å². The summed E-state index contributed by atoms with van der Waals surface area (Å²) >= 11 is 0. The summed E-state index contributed by atoms with van der Waals surface area (Å²) < 4.78 is 32.3. The molecule has 0 aliphatic rings. The molecule has 0 fully saturated rings. The molecular weight excluding hydrogens is 304 g/mol. The van der Waals surface area contributed by atoms with Crippen molar-refractivity contribution in [1.29, 1.82) is 0 Å². The minimum absolute atomic E-state index is 0.0411. The van der Waals surface area contributed by atoms with Gasteiger partial charge in [-0.05, 0) is 33.8 Å². The van der Waals surface area contributed by atoms with Crippen LogP contribution in [0.25, 0.3) is 10.9 Å². The fourth-order valence-corrected chi connectivity index (χ4v) is 3.34. The second-order valence-corrected chi connectivity index (χ2v) is 7.69. The Morgan fingerprint density at radius 3 is 2.55 bits per heavy atom. The molecule has 2 N–H and O–H groups in total.